The Morgan fingerprint density at radius 1 is 0.875 bits per heavy atom. The number of ether oxygens (including phenoxy) is 4. The summed E-state index contributed by atoms with van der Waals surface area (Å²) in [5, 5.41) is 63.5. The monoisotopic (exact) mass is 457 g/mol. The van der Waals surface area contributed by atoms with Crippen molar-refractivity contribution in [2.24, 2.45) is 5.11 Å². The Bertz CT molecular complexity index is 765. The fourth-order valence-corrected chi connectivity index (χ4v) is 3.63. The molecule has 0 aliphatic carbocycles. The molecule has 0 saturated carbocycles. The van der Waals surface area contributed by atoms with Crippen molar-refractivity contribution in [3.8, 4) is 0 Å². The second-order valence-corrected chi connectivity index (χ2v) is 7.51. The fourth-order valence-electron chi connectivity index (χ4n) is 3.63. The van der Waals surface area contributed by atoms with Gasteiger partial charge >= 0.3 is 0 Å². The van der Waals surface area contributed by atoms with Crippen molar-refractivity contribution in [1.82, 2.24) is 0 Å². The number of benzene rings is 1. The maximum Gasteiger partial charge on any atom is 0.187 e. The van der Waals surface area contributed by atoms with Crippen LogP contribution in [-0.4, -0.2) is 105 Å². The highest BCUT2D eigenvalue weighted by Gasteiger charge is 2.50. The van der Waals surface area contributed by atoms with Gasteiger partial charge in [-0.1, -0.05) is 35.4 Å². The van der Waals surface area contributed by atoms with Crippen LogP contribution in [0.5, 0.6) is 0 Å². The van der Waals surface area contributed by atoms with Crippen molar-refractivity contribution in [2.45, 2.75) is 68.0 Å². The summed E-state index contributed by atoms with van der Waals surface area (Å²) in [6, 6.07) is 7.77. The van der Waals surface area contributed by atoms with E-state index in [0.717, 1.165) is 5.56 Å². The smallest absolute Gasteiger partial charge is 0.187 e. The van der Waals surface area contributed by atoms with Crippen LogP contribution < -0.4 is 0 Å². The Morgan fingerprint density at radius 2 is 1.53 bits per heavy atom. The summed E-state index contributed by atoms with van der Waals surface area (Å²) in [6.45, 7) is -1.23. The molecule has 1 aromatic carbocycles. The van der Waals surface area contributed by atoms with Gasteiger partial charge in [-0.2, -0.15) is 0 Å². The number of rotatable bonds is 8. The van der Waals surface area contributed by atoms with Crippen LogP contribution in [0.4, 0.5) is 0 Å². The van der Waals surface area contributed by atoms with E-state index in [1.807, 2.05) is 6.07 Å². The Kier molecular flexibility index (Phi) is 8.76. The van der Waals surface area contributed by atoms with Crippen LogP contribution in [0.15, 0.2) is 35.4 Å². The Labute approximate surface area is 183 Å². The predicted octanol–water partition coefficient (Wildman–Crippen LogP) is -1.85. The Morgan fingerprint density at radius 3 is 2.16 bits per heavy atom. The highest BCUT2D eigenvalue weighted by atomic mass is 16.7. The van der Waals surface area contributed by atoms with Crippen LogP contribution in [-0.2, 0) is 25.6 Å². The first-order valence-electron chi connectivity index (χ1n) is 10.0. The minimum Gasteiger partial charge on any atom is -0.394 e. The van der Waals surface area contributed by atoms with Crippen LogP contribution in [0, 0.1) is 0 Å². The number of hydrogen-bond donors (Lipinski definition) is 6. The number of aliphatic hydroxyl groups excluding tert-OH is 6. The zero-order chi connectivity index (χ0) is 23.3. The second kappa shape index (κ2) is 11.3. The molecule has 13 nitrogen and oxygen atoms in total. The first-order chi connectivity index (χ1) is 15.4. The third kappa shape index (κ3) is 5.36. The van der Waals surface area contributed by atoms with E-state index in [1.54, 1.807) is 24.3 Å². The molecular weight excluding hydrogens is 430 g/mol. The molecule has 13 heteroatoms. The van der Waals surface area contributed by atoms with E-state index >= 15 is 0 Å². The van der Waals surface area contributed by atoms with Crippen molar-refractivity contribution in [3.05, 3.63) is 46.3 Å². The third-order valence-electron chi connectivity index (χ3n) is 5.40. The summed E-state index contributed by atoms with van der Waals surface area (Å²) < 4.78 is 22.2. The predicted molar refractivity (Wildman–Crippen MR) is 105 cm³/mol. The number of aliphatic hydroxyl groups is 6. The molecule has 3 rings (SSSR count). The SMILES string of the molecule is [N-]=[N+]=N[C@H]1[C@H](OCc2ccccc2)O[C@H](CO)[C@@H](O[C@@H]2O[C@H](CO)[C@@H](O)[C@H](O)[C@H]2O)[C@@H]1O. The lowest BCUT2D eigenvalue weighted by Gasteiger charge is -2.46. The zero-order valence-corrected chi connectivity index (χ0v) is 16.9. The van der Waals surface area contributed by atoms with Gasteiger partial charge < -0.3 is 49.6 Å². The average Bonchev–Trinajstić information content (AvgIpc) is 2.81. The minimum absolute atomic E-state index is 0.0755. The lowest BCUT2D eigenvalue weighted by atomic mass is 9.96. The summed E-state index contributed by atoms with van der Waals surface area (Å²) in [5.41, 5.74) is 9.73. The van der Waals surface area contributed by atoms with Gasteiger partial charge in [0, 0.05) is 4.91 Å². The molecule has 0 radical (unpaired) electrons. The maximum absolute atomic E-state index is 10.8. The molecule has 10 atom stereocenters. The van der Waals surface area contributed by atoms with E-state index in [0.29, 0.717) is 0 Å². The number of hydrogen-bond acceptors (Lipinski definition) is 11. The van der Waals surface area contributed by atoms with E-state index in [2.05, 4.69) is 10.0 Å². The number of nitrogens with zero attached hydrogens (tertiary/aromatic N) is 3. The van der Waals surface area contributed by atoms with Gasteiger partial charge in [-0.15, -0.1) is 0 Å². The lowest BCUT2D eigenvalue weighted by Crippen LogP contribution is -2.64. The van der Waals surface area contributed by atoms with E-state index in [1.165, 1.54) is 0 Å². The normalized spacial score (nSPS) is 39.9. The van der Waals surface area contributed by atoms with Crippen LogP contribution >= 0.6 is 0 Å². The molecule has 0 unspecified atom stereocenters. The van der Waals surface area contributed by atoms with Gasteiger partial charge in [0.15, 0.2) is 12.6 Å². The second-order valence-electron chi connectivity index (χ2n) is 7.51. The highest BCUT2D eigenvalue weighted by Crippen LogP contribution is 2.31. The minimum atomic E-state index is -1.73. The van der Waals surface area contributed by atoms with Gasteiger partial charge in [-0.3, -0.25) is 0 Å². The summed E-state index contributed by atoms with van der Waals surface area (Å²) in [4.78, 5) is 2.71. The summed E-state index contributed by atoms with van der Waals surface area (Å²) in [6.07, 6.45) is -13.2. The van der Waals surface area contributed by atoms with Crippen molar-refractivity contribution < 1.29 is 49.6 Å². The van der Waals surface area contributed by atoms with Crippen LogP contribution in [0.2, 0.25) is 0 Å². The Hall–Kier alpha value is -1.87. The third-order valence-corrected chi connectivity index (χ3v) is 5.40. The van der Waals surface area contributed by atoms with Gasteiger partial charge in [0.1, 0.15) is 42.7 Å². The van der Waals surface area contributed by atoms with Crippen LogP contribution in [0.25, 0.3) is 10.4 Å². The molecule has 0 amide bonds. The van der Waals surface area contributed by atoms with Crippen LogP contribution in [0.1, 0.15) is 5.56 Å². The summed E-state index contributed by atoms with van der Waals surface area (Å²) >= 11 is 0. The molecule has 6 N–H and O–H groups in total. The van der Waals surface area contributed by atoms with Gasteiger partial charge in [0.25, 0.3) is 0 Å². The van der Waals surface area contributed by atoms with Crippen molar-refractivity contribution in [3.63, 3.8) is 0 Å². The molecule has 0 spiro atoms. The molecule has 2 fully saturated rings. The van der Waals surface area contributed by atoms with E-state index in [9.17, 15) is 30.6 Å². The van der Waals surface area contributed by atoms with Gasteiger partial charge in [-0.25, -0.2) is 0 Å². The largest absolute Gasteiger partial charge is 0.394 e. The maximum atomic E-state index is 10.8. The van der Waals surface area contributed by atoms with E-state index in [-0.39, 0.29) is 6.61 Å². The molecule has 178 valence electrons. The Balaban J connectivity index is 1.75. The van der Waals surface area contributed by atoms with Gasteiger partial charge in [-0.05, 0) is 11.1 Å². The molecule has 1 aromatic rings. The van der Waals surface area contributed by atoms with Crippen molar-refractivity contribution in [2.75, 3.05) is 13.2 Å². The molecule has 32 heavy (non-hydrogen) atoms. The molecule has 2 heterocycles. The number of azide groups is 1. The molecule has 2 aliphatic rings. The molecule has 0 bridgehead atoms. The topological polar surface area (TPSA) is 207 Å². The van der Waals surface area contributed by atoms with Gasteiger partial charge in [0.2, 0.25) is 0 Å². The van der Waals surface area contributed by atoms with Crippen LogP contribution in [0.3, 0.4) is 0 Å². The van der Waals surface area contributed by atoms with Crippen molar-refractivity contribution in [1.29, 1.82) is 0 Å². The van der Waals surface area contributed by atoms with E-state index < -0.39 is 74.6 Å². The average molecular weight is 457 g/mol. The summed E-state index contributed by atoms with van der Waals surface area (Å²) in [7, 11) is 0. The molecular formula is C19H27N3O10. The van der Waals surface area contributed by atoms with E-state index in [4.69, 9.17) is 24.5 Å². The lowest BCUT2D eigenvalue weighted by molar-refractivity contribution is -0.347. The fraction of sp³-hybridized carbons (Fsp3) is 0.684. The molecule has 2 aliphatic heterocycles. The molecule has 0 aromatic heterocycles. The van der Waals surface area contributed by atoms with Crippen molar-refractivity contribution >= 4 is 0 Å². The first-order valence-corrected chi connectivity index (χ1v) is 10.0. The quantitative estimate of drug-likeness (QED) is 0.146. The zero-order valence-electron chi connectivity index (χ0n) is 16.9. The first kappa shape index (κ1) is 24.8. The van der Waals surface area contributed by atoms with Gasteiger partial charge in [0.05, 0.1) is 25.9 Å². The standard InChI is InChI=1S/C19H27N3O10/c20-22-21-12-14(26)17(32-19-16(28)15(27)13(25)10(6-23)30-19)11(7-24)31-18(12)29-8-9-4-2-1-3-5-9/h1-5,10-19,23-28H,6-8H2/t10-,11-,12-,13-,14-,15+,16-,17-,18-,19+/m1/s1. The molecule has 2 saturated heterocycles. The highest BCUT2D eigenvalue weighted by molar-refractivity contribution is 5.13. The summed E-state index contributed by atoms with van der Waals surface area (Å²) in [5.74, 6) is 0.